The van der Waals surface area contributed by atoms with Crippen LogP contribution in [0.4, 0.5) is 5.69 Å². The average Bonchev–Trinajstić information content (AvgIpc) is 2.87. The minimum atomic E-state index is -4.00. The molecule has 13 heteroatoms. The molecule has 2 aromatic heterocycles. The van der Waals surface area contributed by atoms with Crippen LogP contribution in [0.3, 0.4) is 0 Å². The van der Waals surface area contributed by atoms with Crippen molar-refractivity contribution in [2.75, 3.05) is 26.0 Å². The summed E-state index contributed by atoms with van der Waals surface area (Å²) in [6.45, 7) is 0.167. The Morgan fingerprint density at radius 1 is 1.08 bits per heavy atom. The summed E-state index contributed by atoms with van der Waals surface area (Å²) in [6, 6.07) is 10.8. The molecule has 1 amide bonds. The lowest BCUT2D eigenvalue weighted by molar-refractivity contribution is -0.142. The minimum absolute atomic E-state index is 0.0240. The second kappa shape index (κ2) is 12.9. The summed E-state index contributed by atoms with van der Waals surface area (Å²) >= 11 is 12.1. The van der Waals surface area contributed by atoms with E-state index in [0.717, 1.165) is 10.00 Å². The summed E-state index contributed by atoms with van der Waals surface area (Å²) in [5.74, 6) is -1.25. The van der Waals surface area contributed by atoms with E-state index in [1.807, 2.05) is 6.07 Å². The molecule has 0 spiro atoms. The van der Waals surface area contributed by atoms with Crippen molar-refractivity contribution in [3.8, 4) is 0 Å². The summed E-state index contributed by atoms with van der Waals surface area (Å²) in [5.41, 5.74) is 1.92. The van der Waals surface area contributed by atoms with Gasteiger partial charge in [0, 0.05) is 50.0 Å². The van der Waals surface area contributed by atoms with Gasteiger partial charge in [-0.2, -0.15) is 17.4 Å². The number of methoxy groups -OCH3 is 1. The van der Waals surface area contributed by atoms with Crippen molar-refractivity contribution in [3.63, 3.8) is 0 Å². The topological polar surface area (TPSA) is 131 Å². The van der Waals surface area contributed by atoms with Crippen LogP contribution in [0.5, 0.6) is 0 Å². The fourth-order valence-electron chi connectivity index (χ4n) is 3.31. The van der Waals surface area contributed by atoms with Crippen LogP contribution in [0.2, 0.25) is 10.0 Å². The number of halogens is 2. The maximum Gasteiger partial charge on any atom is 0.324 e. The third kappa shape index (κ3) is 7.94. The highest BCUT2D eigenvalue weighted by Crippen LogP contribution is 2.24. The van der Waals surface area contributed by atoms with Crippen LogP contribution >= 0.6 is 23.2 Å². The number of rotatable bonds is 11. The van der Waals surface area contributed by atoms with Gasteiger partial charge in [0.2, 0.25) is 0 Å². The van der Waals surface area contributed by atoms with Crippen molar-refractivity contribution in [2.24, 2.45) is 0 Å². The second-order valence-electron chi connectivity index (χ2n) is 7.92. The average molecular weight is 566 g/mol. The highest BCUT2D eigenvalue weighted by atomic mass is 35.5. The number of pyridine rings is 2. The normalized spacial score (nSPS) is 12.2. The molecule has 3 aromatic rings. The SMILES string of the molecule is COC(=O)C(Cc1ccc(NC(=O)c2c(Cl)cncc2Cl)cc1)NS(=O)(=O)N(C)CCc1ccccn1. The van der Waals surface area contributed by atoms with Crippen molar-refractivity contribution < 1.29 is 22.7 Å². The molecular weight excluding hydrogens is 541 g/mol. The van der Waals surface area contributed by atoms with E-state index in [2.05, 4.69) is 20.0 Å². The number of carbonyl (C=O) groups excluding carboxylic acids is 2. The van der Waals surface area contributed by atoms with Crippen LogP contribution in [-0.2, 0) is 32.6 Å². The highest BCUT2D eigenvalue weighted by molar-refractivity contribution is 7.87. The number of nitrogens with zero attached hydrogens (tertiary/aromatic N) is 3. The molecule has 0 aliphatic rings. The van der Waals surface area contributed by atoms with Crippen LogP contribution in [0.25, 0.3) is 0 Å². The fourth-order valence-corrected chi connectivity index (χ4v) is 4.89. The number of aromatic nitrogens is 2. The largest absolute Gasteiger partial charge is 0.468 e. The molecular formula is C24H25Cl2N5O5S. The minimum Gasteiger partial charge on any atom is -0.468 e. The first-order chi connectivity index (χ1) is 17.6. The number of carbonyl (C=O) groups is 2. The van der Waals surface area contributed by atoms with Crippen molar-refractivity contribution in [2.45, 2.75) is 18.9 Å². The molecule has 196 valence electrons. The monoisotopic (exact) mass is 565 g/mol. The van der Waals surface area contributed by atoms with E-state index < -0.39 is 28.1 Å². The van der Waals surface area contributed by atoms with Crippen molar-refractivity contribution in [1.82, 2.24) is 19.0 Å². The molecule has 3 rings (SSSR count). The number of likely N-dealkylation sites (N-methyl/N-ethyl adjacent to an activating group) is 1. The molecule has 0 fully saturated rings. The van der Waals surface area contributed by atoms with Gasteiger partial charge in [-0.1, -0.05) is 41.4 Å². The van der Waals surface area contributed by atoms with Crippen LogP contribution in [0.1, 0.15) is 21.6 Å². The molecule has 37 heavy (non-hydrogen) atoms. The van der Waals surface area contributed by atoms with Gasteiger partial charge in [-0.05, 0) is 36.2 Å². The van der Waals surface area contributed by atoms with Gasteiger partial charge in [0.1, 0.15) is 6.04 Å². The summed E-state index contributed by atoms with van der Waals surface area (Å²) in [6.07, 6.45) is 4.70. The molecule has 0 aliphatic carbocycles. The van der Waals surface area contributed by atoms with E-state index in [9.17, 15) is 18.0 Å². The van der Waals surface area contributed by atoms with Gasteiger partial charge in [0.15, 0.2) is 0 Å². The number of nitrogens with one attached hydrogen (secondary N) is 2. The summed E-state index contributed by atoms with van der Waals surface area (Å²) in [4.78, 5) is 32.9. The number of anilines is 1. The maximum atomic E-state index is 12.9. The van der Waals surface area contributed by atoms with E-state index in [0.29, 0.717) is 17.7 Å². The van der Waals surface area contributed by atoms with E-state index in [4.69, 9.17) is 27.9 Å². The standard InChI is InChI=1S/C24H25Cl2N5O5S/c1-31(12-10-17-5-3-4-11-28-17)37(34,35)30-21(24(33)36-2)13-16-6-8-18(9-7-16)29-23(32)22-19(25)14-27-15-20(22)26/h3-9,11,14-15,21,30H,10,12-13H2,1-2H3,(H,29,32). The number of amides is 1. The second-order valence-corrected chi connectivity index (χ2v) is 10.5. The number of esters is 1. The predicted octanol–water partition coefficient (Wildman–Crippen LogP) is 3.13. The van der Waals surface area contributed by atoms with Crippen LogP contribution < -0.4 is 10.0 Å². The van der Waals surface area contributed by atoms with Crippen LogP contribution in [0, 0.1) is 0 Å². The fraction of sp³-hybridized carbons (Fsp3) is 0.250. The Kier molecular flexibility index (Phi) is 9.95. The van der Waals surface area contributed by atoms with Gasteiger partial charge in [0.25, 0.3) is 16.1 Å². The third-order valence-electron chi connectivity index (χ3n) is 5.33. The quantitative estimate of drug-likeness (QED) is 0.341. The van der Waals surface area contributed by atoms with Gasteiger partial charge in [-0.3, -0.25) is 19.6 Å². The van der Waals surface area contributed by atoms with Gasteiger partial charge in [-0.15, -0.1) is 0 Å². The zero-order valence-corrected chi connectivity index (χ0v) is 22.3. The molecule has 2 heterocycles. The van der Waals surface area contributed by atoms with Crippen molar-refractivity contribution in [3.05, 3.63) is 87.9 Å². The van der Waals surface area contributed by atoms with E-state index >= 15 is 0 Å². The Morgan fingerprint density at radius 2 is 1.76 bits per heavy atom. The van der Waals surface area contributed by atoms with Gasteiger partial charge < -0.3 is 10.1 Å². The molecule has 0 radical (unpaired) electrons. The Hall–Kier alpha value is -3.09. The van der Waals surface area contributed by atoms with E-state index in [1.165, 1.54) is 26.6 Å². The summed E-state index contributed by atoms with van der Waals surface area (Å²) in [5, 5.41) is 2.91. The van der Waals surface area contributed by atoms with Crippen LogP contribution in [0.15, 0.2) is 61.1 Å². The third-order valence-corrected chi connectivity index (χ3v) is 7.49. The first-order valence-corrected chi connectivity index (χ1v) is 13.2. The Labute approximate surface area is 225 Å². The van der Waals surface area contributed by atoms with Crippen molar-refractivity contribution in [1.29, 1.82) is 0 Å². The zero-order chi connectivity index (χ0) is 27.0. The number of benzene rings is 1. The smallest absolute Gasteiger partial charge is 0.324 e. The molecule has 0 saturated heterocycles. The summed E-state index contributed by atoms with van der Waals surface area (Å²) < 4.78 is 34.0. The lowest BCUT2D eigenvalue weighted by atomic mass is 10.1. The molecule has 0 saturated carbocycles. The summed E-state index contributed by atoms with van der Waals surface area (Å²) in [7, 11) is -1.40. The first-order valence-electron chi connectivity index (χ1n) is 11.0. The lowest BCUT2D eigenvalue weighted by Crippen LogP contribution is -2.48. The van der Waals surface area contributed by atoms with E-state index in [-0.39, 0.29) is 28.6 Å². The molecule has 0 bridgehead atoms. The molecule has 0 aliphatic heterocycles. The maximum absolute atomic E-state index is 12.9. The van der Waals surface area contributed by atoms with Crippen LogP contribution in [-0.4, -0.2) is 61.3 Å². The Morgan fingerprint density at radius 3 is 2.35 bits per heavy atom. The highest BCUT2D eigenvalue weighted by Gasteiger charge is 2.28. The van der Waals surface area contributed by atoms with E-state index in [1.54, 1.807) is 42.6 Å². The molecule has 2 N–H and O–H groups in total. The van der Waals surface area contributed by atoms with Gasteiger partial charge in [-0.25, -0.2) is 0 Å². The number of ether oxygens (including phenoxy) is 1. The molecule has 10 nitrogen and oxygen atoms in total. The Bertz CT molecular complexity index is 1320. The number of hydrogen-bond acceptors (Lipinski definition) is 7. The molecule has 1 unspecified atom stereocenters. The van der Waals surface area contributed by atoms with Gasteiger partial charge in [0.05, 0.1) is 22.7 Å². The Balaban J connectivity index is 1.65. The molecule has 1 aromatic carbocycles. The van der Waals surface area contributed by atoms with Crippen molar-refractivity contribution >= 4 is 51.0 Å². The number of hydrogen-bond donors (Lipinski definition) is 2. The lowest BCUT2D eigenvalue weighted by Gasteiger charge is -2.22. The molecule has 1 atom stereocenters. The first kappa shape index (κ1) is 28.5. The zero-order valence-electron chi connectivity index (χ0n) is 20.0. The predicted molar refractivity (Wildman–Crippen MR) is 141 cm³/mol. The van der Waals surface area contributed by atoms with Gasteiger partial charge >= 0.3 is 5.97 Å².